The summed E-state index contributed by atoms with van der Waals surface area (Å²) >= 11 is 0. The van der Waals surface area contributed by atoms with Crippen LogP contribution in [-0.4, -0.2) is 17.0 Å². The van der Waals surface area contributed by atoms with Crippen molar-refractivity contribution in [3.05, 3.63) is 29.8 Å². The zero-order chi connectivity index (χ0) is 15.8. The van der Waals surface area contributed by atoms with Gasteiger partial charge < -0.3 is 10.4 Å². The van der Waals surface area contributed by atoms with Crippen LogP contribution in [-0.2, 0) is 16.0 Å². The van der Waals surface area contributed by atoms with E-state index in [1.54, 1.807) is 0 Å². The third-order valence-corrected chi connectivity index (χ3v) is 4.02. The van der Waals surface area contributed by atoms with Crippen molar-refractivity contribution in [1.82, 2.24) is 0 Å². The average Bonchev–Trinajstić information content (AvgIpc) is 2.47. The number of aliphatic carboxylic acids is 1. The fraction of sp³-hybridized carbons (Fsp3) is 0.529. The molecule has 116 valence electrons. The minimum Gasteiger partial charge on any atom is -0.481 e. The summed E-state index contributed by atoms with van der Waals surface area (Å²) in [4.78, 5) is 22.7. The second-order valence-electron chi connectivity index (χ2n) is 5.45. The number of carboxylic acids is 1. The molecule has 0 aromatic heterocycles. The average molecular weight is 291 g/mol. The first-order valence-electron chi connectivity index (χ1n) is 7.59. The molecular weight excluding hydrogens is 266 g/mol. The van der Waals surface area contributed by atoms with Crippen LogP contribution in [0.25, 0.3) is 0 Å². The number of carbonyl (C=O) groups excluding carboxylic acids is 1. The van der Waals surface area contributed by atoms with Crippen LogP contribution >= 0.6 is 0 Å². The van der Waals surface area contributed by atoms with Gasteiger partial charge in [-0.2, -0.15) is 0 Å². The van der Waals surface area contributed by atoms with Crippen molar-refractivity contribution in [2.75, 3.05) is 5.32 Å². The van der Waals surface area contributed by atoms with Crippen LogP contribution in [0.1, 0.15) is 45.6 Å². The van der Waals surface area contributed by atoms with Gasteiger partial charge in [0.1, 0.15) is 0 Å². The van der Waals surface area contributed by atoms with Crippen molar-refractivity contribution in [2.45, 2.75) is 46.5 Å². The number of aryl methyl sites for hydroxylation is 1. The molecule has 4 heteroatoms. The van der Waals surface area contributed by atoms with Crippen molar-refractivity contribution >= 4 is 17.6 Å². The quantitative estimate of drug-likeness (QED) is 0.767. The van der Waals surface area contributed by atoms with Gasteiger partial charge in [0.15, 0.2) is 0 Å². The van der Waals surface area contributed by atoms with E-state index in [1.165, 1.54) is 0 Å². The van der Waals surface area contributed by atoms with Gasteiger partial charge in [-0.1, -0.05) is 45.7 Å². The molecule has 1 atom stereocenters. The van der Waals surface area contributed by atoms with Gasteiger partial charge in [0, 0.05) is 18.0 Å². The molecule has 1 aromatic rings. The topological polar surface area (TPSA) is 66.4 Å². The van der Waals surface area contributed by atoms with Gasteiger partial charge in [0.05, 0.1) is 0 Å². The Morgan fingerprint density at radius 1 is 1.14 bits per heavy atom. The Hall–Kier alpha value is -1.84. The van der Waals surface area contributed by atoms with Crippen molar-refractivity contribution in [3.8, 4) is 0 Å². The van der Waals surface area contributed by atoms with E-state index >= 15 is 0 Å². The number of carbonyl (C=O) groups is 2. The third-order valence-electron chi connectivity index (χ3n) is 4.02. The highest BCUT2D eigenvalue weighted by atomic mass is 16.4. The fourth-order valence-corrected chi connectivity index (χ4v) is 2.47. The lowest BCUT2D eigenvalue weighted by Crippen LogP contribution is -2.26. The van der Waals surface area contributed by atoms with Gasteiger partial charge >= 0.3 is 5.97 Å². The van der Waals surface area contributed by atoms with Crippen LogP contribution in [0.3, 0.4) is 0 Å². The summed E-state index contributed by atoms with van der Waals surface area (Å²) in [5.74, 6) is -0.361. The first-order valence-corrected chi connectivity index (χ1v) is 7.59. The molecule has 1 amide bonds. The number of anilines is 1. The summed E-state index contributed by atoms with van der Waals surface area (Å²) in [5.41, 5.74) is 1.72. The van der Waals surface area contributed by atoms with Gasteiger partial charge in [-0.3, -0.25) is 9.59 Å². The van der Waals surface area contributed by atoms with Crippen molar-refractivity contribution in [1.29, 1.82) is 0 Å². The van der Waals surface area contributed by atoms with Crippen LogP contribution in [0.15, 0.2) is 24.3 Å². The minimum atomic E-state index is -0.800. The summed E-state index contributed by atoms with van der Waals surface area (Å²) < 4.78 is 0. The maximum atomic E-state index is 12.2. The fourth-order valence-electron chi connectivity index (χ4n) is 2.47. The molecule has 4 nitrogen and oxygen atoms in total. The van der Waals surface area contributed by atoms with E-state index in [0.29, 0.717) is 12.3 Å². The Labute approximate surface area is 126 Å². The van der Waals surface area contributed by atoms with Gasteiger partial charge in [0.25, 0.3) is 0 Å². The lowest BCUT2D eigenvalue weighted by atomic mass is 9.88. The Morgan fingerprint density at radius 2 is 1.71 bits per heavy atom. The van der Waals surface area contributed by atoms with E-state index in [1.807, 2.05) is 31.2 Å². The largest absolute Gasteiger partial charge is 0.481 e. The van der Waals surface area contributed by atoms with Crippen molar-refractivity contribution in [3.63, 3.8) is 0 Å². The van der Waals surface area contributed by atoms with E-state index in [2.05, 4.69) is 19.2 Å². The summed E-state index contributed by atoms with van der Waals surface area (Å²) in [7, 11) is 0. The highest BCUT2D eigenvalue weighted by Gasteiger charge is 2.21. The third kappa shape index (κ3) is 5.58. The molecule has 2 N–H and O–H groups in total. The number of nitrogens with one attached hydrogen (secondary N) is 1. The molecule has 0 heterocycles. The Kier molecular flexibility index (Phi) is 6.92. The van der Waals surface area contributed by atoms with E-state index in [9.17, 15) is 9.59 Å². The van der Waals surface area contributed by atoms with Gasteiger partial charge in [-0.25, -0.2) is 0 Å². The molecule has 0 aliphatic carbocycles. The summed E-state index contributed by atoms with van der Waals surface area (Å²) in [6, 6.07) is 7.38. The molecule has 1 aromatic carbocycles. The molecule has 0 bridgehead atoms. The summed E-state index contributed by atoms with van der Waals surface area (Å²) in [5, 5.41) is 11.6. The molecular formula is C17H25NO3. The lowest BCUT2D eigenvalue weighted by Gasteiger charge is -2.20. The van der Waals surface area contributed by atoms with Crippen LogP contribution in [0.5, 0.6) is 0 Å². The molecule has 0 fully saturated rings. The maximum Gasteiger partial charge on any atom is 0.303 e. The zero-order valence-electron chi connectivity index (χ0n) is 13.1. The highest BCUT2D eigenvalue weighted by Crippen LogP contribution is 2.21. The van der Waals surface area contributed by atoms with E-state index in [0.717, 1.165) is 24.1 Å². The van der Waals surface area contributed by atoms with Gasteiger partial charge in [-0.05, 0) is 30.0 Å². The van der Waals surface area contributed by atoms with Crippen LogP contribution in [0.2, 0.25) is 0 Å². The normalized spacial score (nSPS) is 12.2. The molecule has 0 radical (unpaired) electrons. The second kappa shape index (κ2) is 8.45. The highest BCUT2D eigenvalue weighted by molar-refractivity contribution is 5.92. The molecule has 1 unspecified atom stereocenters. The number of hydrogen-bond acceptors (Lipinski definition) is 2. The standard InChI is InChI=1S/C17H25NO3/c1-4-14(5-2)12(3)17(21)18-15-9-6-13(7-10-15)8-11-16(19)20/h6-7,9-10,12,14H,4-5,8,11H2,1-3H3,(H,18,21)(H,19,20). The van der Waals surface area contributed by atoms with Gasteiger partial charge in [0.2, 0.25) is 5.91 Å². The Morgan fingerprint density at radius 3 is 2.19 bits per heavy atom. The second-order valence-corrected chi connectivity index (χ2v) is 5.45. The molecule has 0 spiro atoms. The maximum absolute atomic E-state index is 12.2. The smallest absolute Gasteiger partial charge is 0.303 e. The predicted octanol–water partition coefficient (Wildman–Crippen LogP) is 3.71. The molecule has 21 heavy (non-hydrogen) atoms. The monoisotopic (exact) mass is 291 g/mol. The molecule has 0 aliphatic heterocycles. The Balaban J connectivity index is 2.58. The first kappa shape index (κ1) is 17.2. The van der Waals surface area contributed by atoms with Crippen LogP contribution in [0.4, 0.5) is 5.69 Å². The van der Waals surface area contributed by atoms with Crippen molar-refractivity contribution in [2.24, 2.45) is 11.8 Å². The molecule has 0 aliphatic rings. The van der Waals surface area contributed by atoms with E-state index in [-0.39, 0.29) is 18.2 Å². The SMILES string of the molecule is CCC(CC)C(C)C(=O)Nc1ccc(CCC(=O)O)cc1. The molecule has 0 saturated heterocycles. The van der Waals surface area contributed by atoms with Crippen LogP contribution in [0, 0.1) is 11.8 Å². The van der Waals surface area contributed by atoms with Crippen LogP contribution < -0.4 is 5.32 Å². The molecule has 1 rings (SSSR count). The first-order chi connectivity index (χ1) is 9.97. The van der Waals surface area contributed by atoms with Crippen molar-refractivity contribution < 1.29 is 14.7 Å². The number of benzene rings is 1. The summed E-state index contributed by atoms with van der Waals surface area (Å²) in [6.45, 7) is 6.18. The zero-order valence-corrected chi connectivity index (χ0v) is 13.1. The van der Waals surface area contributed by atoms with Gasteiger partial charge in [-0.15, -0.1) is 0 Å². The number of amides is 1. The minimum absolute atomic E-state index is 0.00770. The predicted molar refractivity (Wildman–Crippen MR) is 84.3 cm³/mol. The summed E-state index contributed by atoms with van der Waals surface area (Å²) in [6.07, 6.45) is 2.63. The number of rotatable bonds is 8. The number of carboxylic acid groups (broad SMARTS) is 1. The lowest BCUT2D eigenvalue weighted by molar-refractivity contribution is -0.137. The van der Waals surface area contributed by atoms with E-state index < -0.39 is 5.97 Å². The Bertz CT molecular complexity index is 463. The number of hydrogen-bond donors (Lipinski definition) is 2. The van der Waals surface area contributed by atoms with E-state index in [4.69, 9.17) is 5.11 Å². The molecule has 0 saturated carbocycles.